The van der Waals surface area contributed by atoms with Crippen LogP contribution in [-0.4, -0.2) is 34.7 Å². The largest absolute Gasteiger partial charge is 0.490 e. The van der Waals surface area contributed by atoms with Gasteiger partial charge in [-0.15, -0.1) is 0 Å². The van der Waals surface area contributed by atoms with Crippen molar-refractivity contribution in [2.45, 2.75) is 33.9 Å². The van der Waals surface area contributed by atoms with Crippen LogP contribution in [0.1, 0.15) is 25.0 Å². The highest BCUT2D eigenvalue weighted by molar-refractivity contribution is 7.80. The minimum atomic E-state index is -2.93. The molecule has 0 radical (unpaired) electrons. The summed E-state index contributed by atoms with van der Waals surface area (Å²) in [4.78, 5) is 0. The molecule has 3 rings (SSSR count). The highest BCUT2D eigenvalue weighted by Crippen LogP contribution is 2.29. The van der Waals surface area contributed by atoms with E-state index in [1.165, 1.54) is 6.07 Å². The van der Waals surface area contributed by atoms with Gasteiger partial charge < -0.3 is 24.8 Å². The van der Waals surface area contributed by atoms with E-state index in [1.54, 1.807) is 36.1 Å². The van der Waals surface area contributed by atoms with Gasteiger partial charge >= 0.3 is 6.61 Å². The Morgan fingerprint density at radius 2 is 1.79 bits per heavy atom. The molecule has 7 nitrogen and oxygen atoms in total. The van der Waals surface area contributed by atoms with Gasteiger partial charge in [0.2, 0.25) is 0 Å². The number of halogens is 2. The maximum Gasteiger partial charge on any atom is 0.387 e. The van der Waals surface area contributed by atoms with Crippen molar-refractivity contribution in [3.63, 3.8) is 0 Å². The Balaban J connectivity index is 1.64. The van der Waals surface area contributed by atoms with Crippen LogP contribution in [0.4, 0.5) is 20.2 Å². The highest BCUT2D eigenvalue weighted by Gasteiger charge is 2.12. The molecular weight excluding hydrogens is 450 g/mol. The summed E-state index contributed by atoms with van der Waals surface area (Å²) in [6.45, 7) is 4.30. The molecule has 0 spiro atoms. The van der Waals surface area contributed by atoms with Crippen LogP contribution in [-0.2, 0) is 6.54 Å². The normalized spacial score (nSPS) is 10.7. The summed E-state index contributed by atoms with van der Waals surface area (Å²) < 4.78 is 43.0. The van der Waals surface area contributed by atoms with Crippen molar-refractivity contribution in [1.82, 2.24) is 9.78 Å². The van der Waals surface area contributed by atoms with Crippen molar-refractivity contribution in [1.29, 1.82) is 0 Å². The van der Waals surface area contributed by atoms with Gasteiger partial charge in [0.15, 0.2) is 16.6 Å². The van der Waals surface area contributed by atoms with Gasteiger partial charge in [0.25, 0.3) is 0 Å². The van der Waals surface area contributed by atoms with Gasteiger partial charge in [-0.25, -0.2) is 0 Å². The summed E-state index contributed by atoms with van der Waals surface area (Å²) >= 11 is 5.32. The minimum absolute atomic E-state index is 0.0189. The van der Waals surface area contributed by atoms with E-state index in [4.69, 9.17) is 21.7 Å². The molecule has 0 amide bonds. The van der Waals surface area contributed by atoms with E-state index in [1.807, 2.05) is 32.0 Å². The second kappa shape index (κ2) is 11.5. The summed E-state index contributed by atoms with van der Waals surface area (Å²) in [5.41, 5.74) is 2.76. The van der Waals surface area contributed by atoms with Crippen LogP contribution in [0.2, 0.25) is 0 Å². The van der Waals surface area contributed by atoms with Crippen LogP contribution in [0.3, 0.4) is 0 Å². The van der Waals surface area contributed by atoms with E-state index in [9.17, 15) is 8.78 Å². The number of benzene rings is 2. The molecule has 0 saturated heterocycles. The van der Waals surface area contributed by atoms with Crippen LogP contribution >= 0.6 is 12.2 Å². The molecule has 0 saturated carbocycles. The molecule has 0 atom stereocenters. The van der Waals surface area contributed by atoms with Crippen LogP contribution < -0.4 is 24.8 Å². The van der Waals surface area contributed by atoms with E-state index in [2.05, 4.69) is 20.5 Å². The maximum absolute atomic E-state index is 12.7. The van der Waals surface area contributed by atoms with Gasteiger partial charge in [-0.2, -0.15) is 13.9 Å². The molecule has 0 aliphatic heterocycles. The summed E-state index contributed by atoms with van der Waals surface area (Å²) in [5, 5.41) is 10.4. The van der Waals surface area contributed by atoms with Crippen molar-refractivity contribution < 1.29 is 23.0 Å². The van der Waals surface area contributed by atoms with Gasteiger partial charge in [0, 0.05) is 6.20 Å². The number of anilines is 2. The monoisotopic (exact) mass is 476 g/mol. The second-order valence-electron chi connectivity index (χ2n) is 7.03. The quantitative estimate of drug-likeness (QED) is 0.377. The molecule has 2 aromatic carbocycles. The first-order chi connectivity index (χ1) is 15.9. The average molecular weight is 477 g/mol. The fourth-order valence-corrected chi connectivity index (χ4v) is 3.33. The summed E-state index contributed by atoms with van der Waals surface area (Å²) in [5.74, 6) is 1.41. The molecule has 0 aliphatic rings. The Hall–Kier alpha value is -3.40. The molecule has 1 aromatic heterocycles. The van der Waals surface area contributed by atoms with Gasteiger partial charge in [-0.1, -0.05) is 12.1 Å². The lowest BCUT2D eigenvalue weighted by Crippen LogP contribution is -2.19. The lowest BCUT2D eigenvalue weighted by molar-refractivity contribution is -0.0493. The van der Waals surface area contributed by atoms with Crippen LogP contribution in [0.25, 0.3) is 0 Å². The Labute approximate surface area is 196 Å². The third-order valence-electron chi connectivity index (χ3n) is 4.44. The molecular formula is C23H26F2N4O3S. The first-order valence-electron chi connectivity index (χ1n) is 10.4. The second-order valence-corrected chi connectivity index (χ2v) is 7.44. The number of hydrogen-bond donors (Lipinski definition) is 2. The van der Waals surface area contributed by atoms with Gasteiger partial charge in [0.05, 0.1) is 37.3 Å². The summed E-state index contributed by atoms with van der Waals surface area (Å²) in [6, 6.07) is 10.7. The van der Waals surface area contributed by atoms with Gasteiger partial charge in [-0.3, -0.25) is 4.68 Å². The molecule has 1 heterocycles. The van der Waals surface area contributed by atoms with Crippen molar-refractivity contribution in [2.75, 3.05) is 23.8 Å². The molecule has 0 unspecified atom stereocenters. The van der Waals surface area contributed by atoms with Gasteiger partial charge in [0.1, 0.15) is 5.75 Å². The molecule has 10 heteroatoms. The Kier molecular flexibility index (Phi) is 8.42. The molecule has 33 heavy (non-hydrogen) atoms. The van der Waals surface area contributed by atoms with Crippen molar-refractivity contribution in [3.8, 4) is 17.2 Å². The molecule has 0 fully saturated rings. The fourth-order valence-electron chi connectivity index (χ4n) is 3.11. The number of thiocarbonyl (C=S) groups is 1. The highest BCUT2D eigenvalue weighted by atomic mass is 32.1. The average Bonchev–Trinajstić information content (AvgIpc) is 3.18. The smallest absolute Gasteiger partial charge is 0.387 e. The van der Waals surface area contributed by atoms with Crippen molar-refractivity contribution in [3.05, 3.63) is 59.9 Å². The first-order valence-corrected chi connectivity index (χ1v) is 10.8. The number of hydrogen-bond acceptors (Lipinski definition) is 5. The Morgan fingerprint density at radius 1 is 1.03 bits per heavy atom. The SMILES string of the molecule is CCOc1ccc(Cn2cc(NC(=S)Nc3ccc(C)cc3OC(F)F)cn2)cc1OCC. The van der Waals surface area contributed by atoms with E-state index >= 15 is 0 Å². The first kappa shape index (κ1) is 24.2. The molecule has 0 aliphatic carbocycles. The zero-order valence-electron chi connectivity index (χ0n) is 18.6. The predicted molar refractivity (Wildman–Crippen MR) is 128 cm³/mol. The number of nitrogens with one attached hydrogen (secondary N) is 2. The molecule has 3 aromatic rings. The van der Waals surface area contributed by atoms with Crippen LogP contribution in [0.15, 0.2) is 48.8 Å². The molecule has 0 bridgehead atoms. The van der Waals surface area contributed by atoms with Crippen molar-refractivity contribution in [2.24, 2.45) is 0 Å². The number of ether oxygens (including phenoxy) is 3. The van der Waals surface area contributed by atoms with E-state index in [0.29, 0.717) is 42.6 Å². The zero-order chi connectivity index (χ0) is 23.8. The van der Waals surface area contributed by atoms with Crippen molar-refractivity contribution >= 4 is 28.7 Å². The number of nitrogens with zero attached hydrogens (tertiary/aromatic N) is 2. The molecule has 176 valence electrons. The minimum Gasteiger partial charge on any atom is -0.490 e. The Morgan fingerprint density at radius 3 is 2.52 bits per heavy atom. The third-order valence-corrected chi connectivity index (χ3v) is 4.65. The number of alkyl halides is 2. The maximum atomic E-state index is 12.7. The Bertz CT molecular complexity index is 1090. The van der Waals surface area contributed by atoms with E-state index in [-0.39, 0.29) is 10.9 Å². The lowest BCUT2D eigenvalue weighted by atomic mass is 10.2. The summed E-state index contributed by atoms with van der Waals surface area (Å²) in [6.07, 6.45) is 3.41. The third kappa shape index (κ3) is 7.04. The predicted octanol–water partition coefficient (Wildman–Crippen LogP) is 5.45. The number of aryl methyl sites for hydroxylation is 1. The summed E-state index contributed by atoms with van der Waals surface area (Å²) in [7, 11) is 0. The van der Waals surface area contributed by atoms with E-state index in [0.717, 1.165) is 11.1 Å². The van der Waals surface area contributed by atoms with Crippen LogP contribution in [0.5, 0.6) is 17.2 Å². The number of aromatic nitrogens is 2. The van der Waals surface area contributed by atoms with E-state index < -0.39 is 6.61 Å². The molecule has 2 N–H and O–H groups in total. The fraction of sp³-hybridized carbons (Fsp3) is 0.304. The number of rotatable bonds is 10. The lowest BCUT2D eigenvalue weighted by Gasteiger charge is -2.14. The standard InChI is InChI=1S/C23H26F2N4O3S/c1-4-30-19-9-7-16(11-21(19)31-5-2)13-29-14-17(12-26-29)27-23(33)28-18-8-6-15(3)10-20(18)32-22(24)25/h6-12,14,22H,4-5,13H2,1-3H3,(H2,27,28,33). The van der Waals surface area contributed by atoms with Crippen LogP contribution in [0, 0.1) is 6.92 Å². The topological polar surface area (TPSA) is 69.6 Å². The zero-order valence-corrected chi connectivity index (χ0v) is 19.4. The van der Waals surface area contributed by atoms with Gasteiger partial charge in [-0.05, 0) is 68.4 Å².